The number of halogens is 3. The van der Waals surface area contributed by atoms with E-state index in [0.29, 0.717) is 40.1 Å². The first kappa shape index (κ1) is 30.6. The molecular weight excluding hydrogens is 543 g/mol. The van der Waals surface area contributed by atoms with Crippen LogP contribution in [0.5, 0.6) is 0 Å². The summed E-state index contributed by atoms with van der Waals surface area (Å²) in [7, 11) is 0. The van der Waals surface area contributed by atoms with Gasteiger partial charge in [0.05, 0.1) is 16.8 Å². The molecule has 0 unspecified atom stereocenters. The van der Waals surface area contributed by atoms with Gasteiger partial charge in [0.15, 0.2) is 0 Å². The number of pyridine rings is 3. The quantitative estimate of drug-likeness (QED) is 0.125. The predicted octanol–water partition coefficient (Wildman–Crippen LogP) is 5.04. The van der Waals surface area contributed by atoms with Crippen molar-refractivity contribution >= 4 is 52.0 Å². The first-order valence-corrected chi connectivity index (χ1v) is 12.6. The molecule has 0 fully saturated rings. The summed E-state index contributed by atoms with van der Waals surface area (Å²) < 4.78 is 0. The maximum atomic E-state index is 11.6. The molecule has 10 nitrogen and oxygen atoms in total. The van der Waals surface area contributed by atoms with E-state index in [9.17, 15) is 10.1 Å². The molecule has 3 aromatic heterocycles. The Morgan fingerprint density at radius 1 is 0.973 bits per heavy atom. The van der Waals surface area contributed by atoms with Crippen LogP contribution in [0.4, 0.5) is 17.2 Å². The summed E-state index contributed by atoms with van der Waals surface area (Å²) in [5, 5.41) is 33.4. The Morgan fingerprint density at radius 3 is 2.16 bits per heavy atom. The average Bonchev–Trinajstić information content (AvgIpc) is 2.87. The standard InChI is InChI=1S/C15H16Cl2N4O3.C9H13ClN2O/c1-9-10(2)14(17)19-15(13(9)21(23)24)20(6-3-7-22)11-4-5-12(16)18-8-11;10-9-3-2-8(7-12-9)6-11-4-1-5-13/h4-5,8,22H,3,6-7H2,1-2H3;2-3,7,11,13H,1,4-6H2. The van der Waals surface area contributed by atoms with E-state index in [2.05, 4.69) is 20.3 Å². The van der Waals surface area contributed by atoms with Crippen molar-refractivity contribution in [2.24, 2.45) is 0 Å². The van der Waals surface area contributed by atoms with Crippen molar-refractivity contribution in [3.05, 3.63) is 78.9 Å². The van der Waals surface area contributed by atoms with Crippen LogP contribution in [0.25, 0.3) is 0 Å². The summed E-state index contributed by atoms with van der Waals surface area (Å²) in [6.07, 6.45) is 4.41. The lowest BCUT2D eigenvalue weighted by Gasteiger charge is -2.24. The molecule has 200 valence electrons. The zero-order valence-electron chi connectivity index (χ0n) is 20.5. The van der Waals surface area contributed by atoms with Gasteiger partial charge in [0.25, 0.3) is 0 Å². The highest BCUT2D eigenvalue weighted by Gasteiger charge is 2.28. The van der Waals surface area contributed by atoms with E-state index in [0.717, 1.165) is 25.1 Å². The molecule has 13 heteroatoms. The predicted molar refractivity (Wildman–Crippen MR) is 146 cm³/mol. The minimum atomic E-state index is -0.476. The van der Waals surface area contributed by atoms with Gasteiger partial charge in [-0.2, -0.15) is 0 Å². The van der Waals surface area contributed by atoms with Gasteiger partial charge in [-0.25, -0.2) is 15.0 Å². The van der Waals surface area contributed by atoms with E-state index in [1.54, 1.807) is 43.1 Å². The third-order valence-electron chi connectivity index (χ3n) is 5.27. The zero-order chi connectivity index (χ0) is 27.4. The van der Waals surface area contributed by atoms with Crippen LogP contribution in [-0.4, -0.2) is 56.4 Å². The smallest absolute Gasteiger partial charge is 0.315 e. The number of nitrogens with zero attached hydrogens (tertiary/aromatic N) is 5. The molecule has 37 heavy (non-hydrogen) atoms. The number of hydrogen-bond acceptors (Lipinski definition) is 9. The molecule has 0 aliphatic rings. The lowest BCUT2D eigenvalue weighted by Crippen LogP contribution is -2.22. The molecule has 3 aromatic rings. The molecule has 0 atom stereocenters. The lowest BCUT2D eigenvalue weighted by molar-refractivity contribution is -0.384. The number of aliphatic hydroxyl groups excluding tert-OH is 2. The van der Waals surface area contributed by atoms with Crippen molar-refractivity contribution in [3.8, 4) is 0 Å². The molecule has 0 radical (unpaired) electrons. The topological polar surface area (TPSA) is 138 Å². The maximum Gasteiger partial charge on any atom is 0.315 e. The molecule has 3 heterocycles. The van der Waals surface area contributed by atoms with Crippen LogP contribution in [0.2, 0.25) is 15.5 Å². The number of nitro groups is 1. The maximum absolute atomic E-state index is 11.6. The SMILES string of the molecule is Cc1c(Cl)nc(N(CCCO)c2ccc(Cl)nc2)c([N+](=O)[O-])c1C.OCCCNCc1ccc(Cl)nc1. The molecule has 3 N–H and O–H groups in total. The minimum Gasteiger partial charge on any atom is -0.396 e. The largest absolute Gasteiger partial charge is 0.396 e. The van der Waals surface area contributed by atoms with Crippen LogP contribution in [0.1, 0.15) is 29.5 Å². The highest BCUT2D eigenvalue weighted by atomic mass is 35.5. The highest BCUT2D eigenvalue weighted by Crippen LogP contribution is 2.38. The third-order valence-corrected chi connectivity index (χ3v) is 6.09. The Kier molecular flexibility index (Phi) is 12.9. The second-order valence-electron chi connectivity index (χ2n) is 7.89. The molecule has 0 saturated carbocycles. The molecule has 3 rings (SSSR count). The van der Waals surface area contributed by atoms with Crippen molar-refractivity contribution in [2.45, 2.75) is 33.2 Å². The van der Waals surface area contributed by atoms with Crippen LogP contribution < -0.4 is 10.2 Å². The van der Waals surface area contributed by atoms with E-state index in [-0.39, 0.29) is 29.9 Å². The summed E-state index contributed by atoms with van der Waals surface area (Å²) in [5.74, 6) is 0.116. The molecule has 0 aliphatic heterocycles. The molecule has 0 saturated heterocycles. The number of hydrogen-bond donors (Lipinski definition) is 3. The van der Waals surface area contributed by atoms with E-state index in [4.69, 9.17) is 45.0 Å². The van der Waals surface area contributed by atoms with Crippen molar-refractivity contribution < 1.29 is 15.1 Å². The fourth-order valence-electron chi connectivity index (χ4n) is 3.20. The average molecular weight is 572 g/mol. The molecule has 0 amide bonds. The summed E-state index contributed by atoms with van der Waals surface area (Å²) in [6.45, 7) is 5.38. The van der Waals surface area contributed by atoms with Crippen molar-refractivity contribution in [1.29, 1.82) is 0 Å². The first-order chi connectivity index (χ1) is 17.7. The summed E-state index contributed by atoms with van der Waals surface area (Å²) in [6, 6.07) is 6.96. The van der Waals surface area contributed by atoms with Gasteiger partial charge in [-0.3, -0.25) is 10.1 Å². The first-order valence-electron chi connectivity index (χ1n) is 11.4. The number of nitrogens with one attached hydrogen (secondary N) is 1. The Labute approximate surface area is 230 Å². The van der Waals surface area contributed by atoms with Gasteiger partial charge in [0.2, 0.25) is 5.82 Å². The van der Waals surface area contributed by atoms with Crippen LogP contribution in [-0.2, 0) is 6.54 Å². The van der Waals surface area contributed by atoms with E-state index in [1.165, 1.54) is 6.20 Å². The monoisotopic (exact) mass is 570 g/mol. The summed E-state index contributed by atoms with van der Waals surface area (Å²) in [5.41, 5.74) is 2.56. The summed E-state index contributed by atoms with van der Waals surface area (Å²) >= 11 is 17.6. The summed E-state index contributed by atoms with van der Waals surface area (Å²) in [4.78, 5) is 24.9. The third kappa shape index (κ3) is 9.33. The van der Waals surface area contributed by atoms with Gasteiger partial charge in [0, 0.05) is 38.1 Å². The lowest BCUT2D eigenvalue weighted by atomic mass is 10.1. The molecule has 0 spiro atoms. The van der Waals surface area contributed by atoms with Gasteiger partial charge in [-0.1, -0.05) is 40.9 Å². The van der Waals surface area contributed by atoms with Crippen LogP contribution in [0.3, 0.4) is 0 Å². The Bertz CT molecular complexity index is 1150. The Hall–Kier alpha value is -2.60. The number of aromatic nitrogens is 3. The van der Waals surface area contributed by atoms with Gasteiger partial charge < -0.3 is 20.4 Å². The van der Waals surface area contributed by atoms with Crippen LogP contribution >= 0.6 is 34.8 Å². The van der Waals surface area contributed by atoms with Crippen molar-refractivity contribution in [3.63, 3.8) is 0 Å². The molecular formula is C24H29Cl3N6O4. The van der Waals surface area contributed by atoms with E-state index >= 15 is 0 Å². The number of anilines is 2. The fraction of sp³-hybridized carbons (Fsp3) is 0.375. The van der Waals surface area contributed by atoms with Gasteiger partial charge in [-0.15, -0.1) is 0 Å². The molecule has 0 bridgehead atoms. The van der Waals surface area contributed by atoms with Gasteiger partial charge >= 0.3 is 5.69 Å². The number of rotatable bonds is 11. The number of aliphatic hydroxyl groups is 2. The Morgan fingerprint density at radius 2 is 1.62 bits per heavy atom. The fourth-order valence-corrected chi connectivity index (χ4v) is 3.64. The van der Waals surface area contributed by atoms with Crippen LogP contribution in [0, 0.1) is 24.0 Å². The zero-order valence-corrected chi connectivity index (χ0v) is 22.8. The van der Waals surface area contributed by atoms with Crippen molar-refractivity contribution in [2.75, 3.05) is 31.2 Å². The molecule has 0 aliphatic carbocycles. The van der Waals surface area contributed by atoms with Gasteiger partial charge in [0.1, 0.15) is 15.5 Å². The van der Waals surface area contributed by atoms with Crippen molar-refractivity contribution in [1.82, 2.24) is 20.3 Å². The van der Waals surface area contributed by atoms with Gasteiger partial charge in [-0.05, 0) is 62.6 Å². The normalized spacial score (nSPS) is 10.6. The van der Waals surface area contributed by atoms with Crippen LogP contribution in [0.15, 0.2) is 36.7 Å². The second-order valence-corrected chi connectivity index (χ2v) is 9.03. The van der Waals surface area contributed by atoms with E-state index in [1.807, 2.05) is 6.07 Å². The molecule has 0 aromatic carbocycles. The van der Waals surface area contributed by atoms with E-state index < -0.39 is 4.92 Å². The Balaban J connectivity index is 0.000000312. The second kappa shape index (κ2) is 15.6. The minimum absolute atomic E-state index is 0.0656. The highest BCUT2D eigenvalue weighted by molar-refractivity contribution is 6.30.